The van der Waals surface area contributed by atoms with Gasteiger partial charge in [0.15, 0.2) is 0 Å². The Kier molecular flexibility index (Phi) is 6.12. The van der Waals surface area contributed by atoms with Gasteiger partial charge in [0.25, 0.3) is 0 Å². The summed E-state index contributed by atoms with van der Waals surface area (Å²) >= 11 is 0. The largest absolute Gasteiger partial charge is 0.444 e. The summed E-state index contributed by atoms with van der Waals surface area (Å²) in [5.41, 5.74) is 4.80. The quantitative estimate of drug-likeness (QED) is 0.384. The number of carbonyl (C=O) groups is 1. The average Bonchev–Trinajstić information content (AvgIpc) is 2.78. The predicted octanol–water partition coefficient (Wildman–Crippen LogP) is 4.96. The Bertz CT molecular complexity index is 910. The van der Waals surface area contributed by atoms with E-state index in [1.165, 1.54) is 19.3 Å². The molecule has 32 heavy (non-hydrogen) atoms. The Hall–Kier alpha value is -2.86. The highest BCUT2D eigenvalue weighted by Gasteiger charge is 2.51. The van der Waals surface area contributed by atoms with Gasteiger partial charge in [0, 0.05) is 0 Å². The van der Waals surface area contributed by atoms with Gasteiger partial charge in [0.05, 0.1) is 12.1 Å². The zero-order valence-corrected chi connectivity index (χ0v) is 18.3. The van der Waals surface area contributed by atoms with E-state index < -0.39 is 6.09 Å². The molecule has 4 aliphatic rings. The second-order valence-corrected chi connectivity index (χ2v) is 9.67. The molecule has 0 radical (unpaired) electrons. The maximum atomic E-state index is 12.5. The Labute approximate surface area is 189 Å². The van der Waals surface area contributed by atoms with Crippen molar-refractivity contribution in [3.05, 3.63) is 71.8 Å². The van der Waals surface area contributed by atoms with Gasteiger partial charge in [-0.05, 0) is 67.4 Å². The summed E-state index contributed by atoms with van der Waals surface area (Å²) in [7, 11) is 0. The van der Waals surface area contributed by atoms with Crippen molar-refractivity contribution in [2.75, 3.05) is 0 Å². The average molecular weight is 434 g/mol. The van der Waals surface area contributed by atoms with Crippen LogP contribution in [0.5, 0.6) is 0 Å². The van der Waals surface area contributed by atoms with E-state index in [-0.39, 0.29) is 12.1 Å². The van der Waals surface area contributed by atoms with E-state index >= 15 is 0 Å². The molecule has 0 aromatic heterocycles. The second kappa shape index (κ2) is 9.33. The maximum absolute atomic E-state index is 12.5. The summed E-state index contributed by atoms with van der Waals surface area (Å²) in [6.07, 6.45) is 6.79. The first-order valence-corrected chi connectivity index (χ1v) is 11.7. The molecule has 4 aliphatic carbocycles. The number of amides is 1. The summed E-state index contributed by atoms with van der Waals surface area (Å²) in [4.78, 5) is 23.3. The topological polar surface area (TPSA) is 72.0 Å². The van der Waals surface area contributed by atoms with Crippen LogP contribution in [0.4, 0.5) is 4.79 Å². The first kappa shape index (κ1) is 21.0. The van der Waals surface area contributed by atoms with E-state index in [0.717, 1.165) is 48.1 Å². The van der Waals surface area contributed by atoms with Gasteiger partial charge in [0.1, 0.15) is 6.61 Å². The molecule has 1 amide bonds. The van der Waals surface area contributed by atoms with Gasteiger partial charge >= 0.3 is 6.09 Å². The number of ether oxygens (including phenoxy) is 1. The molecule has 0 heterocycles. The summed E-state index contributed by atoms with van der Waals surface area (Å²) in [5, 5.41) is 2.80. The van der Waals surface area contributed by atoms with Crippen LogP contribution in [0.1, 0.15) is 49.7 Å². The van der Waals surface area contributed by atoms with E-state index in [2.05, 4.69) is 10.8 Å². The SMILES string of the molecule is O=C(NC(=NC12CC3CC(CC(C3)C1)C2)NOCc1ccccc1)OCc1ccccc1. The highest BCUT2D eigenvalue weighted by atomic mass is 16.6. The number of hydroxylamine groups is 1. The summed E-state index contributed by atoms with van der Waals surface area (Å²) in [6.45, 7) is 0.587. The lowest BCUT2D eigenvalue weighted by atomic mass is 9.53. The number of aliphatic imine (C=N–C) groups is 1. The van der Waals surface area contributed by atoms with Crippen molar-refractivity contribution in [2.24, 2.45) is 22.7 Å². The van der Waals surface area contributed by atoms with E-state index in [9.17, 15) is 4.79 Å². The Morgan fingerprint density at radius 1 is 0.844 bits per heavy atom. The molecule has 4 bridgehead atoms. The minimum absolute atomic E-state index is 0.0973. The maximum Gasteiger partial charge on any atom is 0.414 e. The van der Waals surface area contributed by atoms with Crippen LogP contribution in [0, 0.1) is 17.8 Å². The van der Waals surface area contributed by atoms with Gasteiger partial charge in [-0.25, -0.2) is 15.3 Å². The zero-order valence-electron chi connectivity index (χ0n) is 18.3. The molecular formula is C26H31N3O3. The molecule has 2 aromatic rings. The van der Waals surface area contributed by atoms with Crippen molar-refractivity contribution >= 4 is 12.1 Å². The molecule has 168 valence electrons. The van der Waals surface area contributed by atoms with Gasteiger partial charge < -0.3 is 4.74 Å². The van der Waals surface area contributed by atoms with Crippen molar-refractivity contribution in [1.82, 2.24) is 10.8 Å². The molecule has 6 nitrogen and oxygen atoms in total. The number of guanidine groups is 1. The lowest BCUT2D eigenvalue weighted by molar-refractivity contribution is -0.000216. The highest BCUT2D eigenvalue weighted by Crippen LogP contribution is 2.57. The van der Waals surface area contributed by atoms with Crippen LogP contribution >= 0.6 is 0 Å². The van der Waals surface area contributed by atoms with E-state index in [0.29, 0.717) is 12.6 Å². The first-order valence-electron chi connectivity index (χ1n) is 11.7. The van der Waals surface area contributed by atoms with Crippen LogP contribution in [0.15, 0.2) is 65.7 Å². The number of hydrogen-bond donors (Lipinski definition) is 2. The Morgan fingerprint density at radius 2 is 1.38 bits per heavy atom. The molecule has 0 unspecified atom stereocenters. The van der Waals surface area contributed by atoms with Gasteiger partial charge in [0.2, 0.25) is 5.96 Å². The van der Waals surface area contributed by atoms with Gasteiger partial charge in [-0.1, -0.05) is 60.7 Å². The number of nitrogens with one attached hydrogen (secondary N) is 2. The fourth-order valence-corrected chi connectivity index (χ4v) is 6.13. The standard InChI is InChI=1S/C26H31N3O3/c30-25(31-17-19-7-3-1-4-8-19)27-24(29-32-18-20-9-5-2-6-10-20)28-26-14-21-11-22(15-26)13-23(12-21)16-26/h1-10,21-23H,11-18H2,(H2,27,28,29,30). The van der Waals surface area contributed by atoms with Gasteiger partial charge in [-0.3, -0.25) is 10.2 Å². The molecule has 2 N–H and O–H groups in total. The molecule has 4 saturated carbocycles. The minimum atomic E-state index is -0.534. The van der Waals surface area contributed by atoms with Gasteiger partial charge in [-0.15, -0.1) is 0 Å². The molecule has 6 heteroatoms. The summed E-state index contributed by atoms with van der Waals surface area (Å²) < 4.78 is 5.42. The normalized spacial score (nSPS) is 28.4. The zero-order chi connectivity index (χ0) is 21.8. The molecule has 4 fully saturated rings. The fourth-order valence-electron chi connectivity index (χ4n) is 6.13. The van der Waals surface area contributed by atoms with Crippen molar-refractivity contribution in [3.8, 4) is 0 Å². The number of carbonyl (C=O) groups excluding carboxylic acids is 1. The third-order valence-corrected chi connectivity index (χ3v) is 7.04. The van der Waals surface area contributed by atoms with Crippen LogP contribution in [0.2, 0.25) is 0 Å². The summed E-state index contributed by atoms with van der Waals surface area (Å²) in [6, 6.07) is 19.6. The third-order valence-electron chi connectivity index (χ3n) is 7.04. The molecule has 0 aliphatic heterocycles. The number of rotatable bonds is 6. The summed E-state index contributed by atoms with van der Waals surface area (Å²) in [5.74, 6) is 2.64. The number of benzene rings is 2. The minimum Gasteiger partial charge on any atom is -0.444 e. The van der Waals surface area contributed by atoms with Crippen molar-refractivity contribution in [1.29, 1.82) is 0 Å². The fraction of sp³-hybridized carbons (Fsp3) is 0.462. The van der Waals surface area contributed by atoms with E-state index in [1.54, 1.807) is 0 Å². The van der Waals surface area contributed by atoms with E-state index in [4.69, 9.17) is 14.6 Å². The first-order chi connectivity index (χ1) is 15.7. The molecule has 6 rings (SSSR count). The second-order valence-electron chi connectivity index (χ2n) is 9.67. The van der Waals surface area contributed by atoms with Crippen molar-refractivity contribution < 1.29 is 14.4 Å². The van der Waals surface area contributed by atoms with E-state index in [1.807, 2.05) is 60.7 Å². The highest BCUT2D eigenvalue weighted by molar-refractivity contribution is 5.93. The van der Waals surface area contributed by atoms with Crippen LogP contribution in [0.25, 0.3) is 0 Å². The van der Waals surface area contributed by atoms with Crippen LogP contribution < -0.4 is 10.8 Å². The lowest BCUT2D eigenvalue weighted by Gasteiger charge is -2.54. The Balaban J connectivity index is 1.26. The Morgan fingerprint density at radius 3 is 1.94 bits per heavy atom. The molecule has 2 aromatic carbocycles. The number of nitrogens with zero attached hydrogens (tertiary/aromatic N) is 1. The van der Waals surface area contributed by atoms with Crippen molar-refractivity contribution in [2.45, 2.75) is 57.3 Å². The monoisotopic (exact) mass is 433 g/mol. The van der Waals surface area contributed by atoms with Gasteiger partial charge in [-0.2, -0.15) is 0 Å². The predicted molar refractivity (Wildman–Crippen MR) is 122 cm³/mol. The third kappa shape index (κ3) is 5.13. The van der Waals surface area contributed by atoms with Crippen LogP contribution in [-0.2, 0) is 22.8 Å². The molecule has 0 atom stereocenters. The number of hydrogen-bond acceptors (Lipinski definition) is 4. The molecule has 0 spiro atoms. The van der Waals surface area contributed by atoms with Crippen LogP contribution in [-0.4, -0.2) is 17.6 Å². The number of alkyl carbamates (subject to hydrolysis) is 1. The van der Waals surface area contributed by atoms with Crippen molar-refractivity contribution in [3.63, 3.8) is 0 Å². The molecular weight excluding hydrogens is 402 g/mol. The molecule has 0 saturated heterocycles. The smallest absolute Gasteiger partial charge is 0.414 e. The van der Waals surface area contributed by atoms with Crippen LogP contribution in [0.3, 0.4) is 0 Å². The lowest BCUT2D eigenvalue weighted by Crippen LogP contribution is -2.52.